The van der Waals surface area contributed by atoms with E-state index < -0.39 is 11.9 Å². The van der Waals surface area contributed by atoms with Gasteiger partial charge >= 0.3 is 5.97 Å². The molecule has 1 aromatic carbocycles. The standard InChI is InChI=1S/C18H24N2O2/c1-2-3-4-5-6-10-16(18(21)22)15-9-7-8-11-17(15)20-13-12-19-14-20/h7-9,11-14,16H,2-6,10H2,1H3,(H,21,22). The number of nitrogens with zero attached hydrogens (tertiary/aromatic N) is 2. The lowest BCUT2D eigenvalue weighted by molar-refractivity contribution is -0.139. The summed E-state index contributed by atoms with van der Waals surface area (Å²) in [5.74, 6) is -1.21. The number of para-hydroxylation sites is 1. The molecule has 1 heterocycles. The Balaban J connectivity index is 2.13. The first-order valence-electron chi connectivity index (χ1n) is 8.04. The van der Waals surface area contributed by atoms with Crippen LogP contribution in [0.5, 0.6) is 0 Å². The average molecular weight is 300 g/mol. The first kappa shape index (κ1) is 16.3. The summed E-state index contributed by atoms with van der Waals surface area (Å²) in [6.07, 6.45) is 11.6. The molecule has 0 saturated heterocycles. The van der Waals surface area contributed by atoms with Gasteiger partial charge in [-0.1, -0.05) is 57.2 Å². The third kappa shape index (κ3) is 4.20. The smallest absolute Gasteiger partial charge is 0.311 e. The van der Waals surface area contributed by atoms with Crippen molar-refractivity contribution >= 4 is 5.97 Å². The molecule has 0 radical (unpaired) electrons. The lowest BCUT2D eigenvalue weighted by Gasteiger charge is -2.17. The number of hydrogen-bond acceptors (Lipinski definition) is 2. The van der Waals surface area contributed by atoms with E-state index in [-0.39, 0.29) is 0 Å². The Bertz CT molecular complexity index is 579. The van der Waals surface area contributed by atoms with E-state index >= 15 is 0 Å². The second kappa shape index (κ2) is 8.37. The summed E-state index contributed by atoms with van der Waals surface area (Å²) in [7, 11) is 0. The van der Waals surface area contributed by atoms with Gasteiger partial charge in [-0.2, -0.15) is 0 Å². The summed E-state index contributed by atoms with van der Waals surface area (Å²) in [6.45, 7) is 2.18. The summed E-state index contributed by atoms with van der Waals surface area (Å²) < 4.78 is 1.88. The van der Waals surface area contributed by atoms with Crippen molar-refractivity contribution in [1.29, 1.82) is 0 Å². The number of unbranched alkanes of at least 4 members (excludes halogenated alkanes) is 4. The van der Waals surface area contributed by atoms with Gasteiger partial charge in [-0.05, 0) is 18.1 Å². The predicted molar refractivity (Wildman–Crippen MR) is 87.3 cm³/mol. The maximum Gasteiger partial charge on any atom is 0.311 e. The van der Waals surface area contributed by atoms with Crippen LogP contribution >= 0.6 is 0 Å². The summed E-state index contributed by atoms with van der Waals surface area (Å²) in [4.78, 5) is 15.8. The molecule has 1 unspecified atom stereocenters. The molecule has 0 bridgehead atoms. The first-order chi connectivity index (χ1) is 10.7. The highest BCUT2D eigenvalue weighted by molar-refractivity contribution is 5.77. The van der Waals surface area contributed by atoms with E-state index in [2.05, 4.69) is 11.9 Å². The molecular formula is C18H24N2O2. The van der Waals surface area contributed by atoms with Gasteiger partial charge in [0, 0.05) is 12.4 Å². The van der Waals surface area contributed by atoms with Crippen molar-refractivity contribution in [2.45, 2.75) is 51.4 Å². The highest BCUT2D eigenvalue weighted by atomic mass is 16.4. The number of rotatable bonds is 9. The Morgan fingerprint density at radius 2 is 2.00 bits per heavy atom. The number of aromatic nitrogens is 2. The maximum atomic E-state index is 11.7. The zero-order valence-corrected chi connectivity index (χ0v) is 13.1. The van der Waals surface area contributed by atoms with Gasteiger partial charge in [0.1, 0.15) is 0 Å². The van der Waals surface area contributed by atoms with Crippen LogP contribution in [0.4, 0.5) is 0 Å². The third-order valence-corrected chi connectivity index (χ3v) is 3.99. The minimum absolute atomic E-state index is 0.458. The van der Waals surface area contributed by atoms with Gasteiger partial charge in [-0.15, -0.1) is 0 Å². The number of carboxylic acid groups (broad SMARTS) is 1. The van der Waals surface area contributed by atoms with Gasteiger partial charge in [-0.3, -0.25) is 4.79 Å². The van der Waals surface area contributed by atoms with Gasteiger partial charge in [0.2, 0.25) is 0 Å². The highest BCUT2D eigenvalue weighted by Crippen LogP contribution is 2.28. The second-order valence-electron chi connectivity index (χ2n) is 5.62. The highest BCUT2D eigenvalue weighted by Gasteiger charge is 2.22. The Kier molecular flexibility index (Phi) is 6.19. The fourth-order valence-corrected chi connectivity index (χ4v) is 2.78. The average Bonchev–Trinajstić information content (AvgIpc) is 3.05. The predicted octanol–water partition coefficient (Wildman–Crippen LogP) is 4.40. The zero-order valence-electron chi connectivity index (χ0n) is 13.1. The van der Waals surface area contributed by atoms with Crippen molar-refractivity contribution in [3.63, 3.8) is 0 Å². The van der Waals surface area contributed by atoms with Gasteiger partial charge < -0.3 is 9.67 Å². The number of aliphatic carboxylic acids is 1. The number of carbonyl (C=O) groups is 1. The van der Waals surface area contributed by atoms with E-state index in [9.17, 15) is 9.90 Å². The monoisotopic (exact) mass is 300 g/mol. The molecule has 0 fully saturated rings. The minimum atomic E-state index is -0.747. The molecule has 4 heteroatoms. The van der Waals surface area contributed by atoms with Gasteiger partial charge in [0.15, 0.2) is 0 Å². The van der Waals surface area contributed by atoms with Crippen LogP contribution in [0.15, 0.2) is 43.0 Å². The minimum Gasteiger partial charge on any atom is -0.481 e. The van der Waals surface area contributed by atoms with Crippen LogP contribution in [0.2, 0.25) is 0 Å². The fraction of sp³-hybridized carbons (Fsp3) is 0.444. The van der Waals surface area contributed by atoms with E-state index in [1.807, 2.05) is 35.0 Å². The maximum absolute atomic E-state index is 11.7. The number of hydrogen-bond donors (Lipinski definition) is 1. The Morgan fingerprint density at radius 1 is 1.23 bits per heavy atom. The van der Waals surface area contributed by atoms with Crippen LogP contribution in [-0.2, 0) is 4.79 Å². The second-order valence-corrected chi connectivity index (χ2v) is 5.62. The third-order valence-electron chi connectivity index (χ3n) is 3.99. The first-order valence-corrected chi connectivity index (χ1v) is 8.04. The molecule has 2 aromatic rings. The van der Waals surface area contributed by atoms with Gasteiger partial charge in [-0.25, -0.2) is 4.98 Å². The van der Waals surface area contributed by atoms with Crippen molar-refractivity contribution < 1.29 is 9.90 Å². The largest absolute Gasteiger partial charge is 0.481 e. The van der Waals surface area contributed by atoms with E-state index in [1.54, 1.807) is 12.5 Å². The molecule has 0 saturated carbocycles. The molecule has 0 aliphatic carbocycles. The van der Waals surface area contributed by atoms with Gasteiger partial charge in [0.25, 0.3) is 0 Å². The number of carboxylic acids is 1. The number of benzene rings is 1. The molecule has 1 atom stereocenters. The van der Waals surface area contributed by atoms with E-state index in [1.165, 1.54) is 19.3 Å². The summed E-state index contributed by atoms with van der Waals surface area (Å²) in [5.41, 5.74) is 1.77. The van der Waals surface area contributed by atoms with E-state index in [0.29, 0.717) is 6.42 Å². The van der Waals surface area contributed by atoms with Crippen LogP contribution in [0.3, 0.4) is 0 Å². The Labute approximate surface area is 131 Å². The molecule has 0 spiro atoms. The van der Waals surface area contributed by atoms with Gasteiger partial charge in [0.05, 0.1) is 17.9 Å². The summed E-state index contributed by atoms with van der Waals surface area (Å²) in [5, 5.41) is 9.63. The molecule has 118 valence electrons. The normalized spacial score (nSPS) is 12.2. The van der Waals surface area contributed by atoms with Crippen LogP contribution in [0.25, 0.3) is 5.69 Å². The van der Waals surface area contributed by atoms with Crippen molar-refractivity contribution in [1.82, 2.24) is 9.55 Å². The number of imidazole rings is 1. The molecule has 1 N–H and O–H groups in total. The molecule has 22 heavy (non-hydrogen) atoms. The molecule has 1 aromatic heterocycles. The summed E-state index contributed by atoms with van der Waals surface area (Å²) >= 11 is 0. The Hall–Kier alpha value is -2.10. The van der Waals surface area contributed by atoms with Crippen LogP contribution in [0, 0.1) is 0 Å². The molecule has 2 rings (SSSR count). The van der Waals surface area contributed by atoms with E-state index in [0.717, 1.165) is 24.1 Å². The molecule has 4 nitrogen and oxygen atoms in total. The van der Waals surface area contributed by atoms with Crippen molar-refractivity contribution in [3.8, 4) is 5.69 Å². The van der Waals surface area contributed by atoms with E-state index in [4.69, 9.17) is 0 Å². The SMILES string of the molecule is CCCCCCCC(C(=O)O)c1ccccc1-n1ccnc1. The lowest BCUT2D eigenvalue weighted by atomic mass is 9.91. The lowest BCUT2D eigenvalue weighted by Crippen LogP contribution is -2.14. The molecule has 0 aliphatic heterocycles. The van der Waals surface area contributed by atoms with Crippen LogP contribution < -0.4 is 0 Å². The quantitative estimate of drug-likeness (QED) is 0.698. The molecule has 0 aliphatic rings. The van der Waals surface area contributed by atoms with Crippen molar-refractivity contribution in [3.05, 3.63) is 48.5 Å². The summed E-state index contributed by atoms with van der Waals surface area (Å²) in [6, 6.07) is 7.70. The Morgan fingerprint density at radius 3 is 2.68 bits per heavy atom. The van der Waals surface area contributed by atoms with Crippen molar-refractivity contribution in [2.75, 3.05) is 0 Å². The topological polar surface area (TPSA) is 55.1 Å². The van der Waals surface area contributed by atoms with Crippen LogP contribution in [0.1, 0.15) is 56.9 Å². The molecular weight excluding hydrogens is 276 g/mol. The molecule has 0 amide bonds. The van der Waals surface area contributed by atoms with Crippen LogP contribution in [-0.4, -0.2) is 20.6 Å². The fourth-order valence-electron chi connectivity index (χ4n) is 2.78. The van der Waals surface area contributed by atoms with Crippen molar-refractivity contribution in [2.24, 2.45) is 0 Å². The zero-order chi connectivity index (χ0) is 15.8.